The smallest absolute Gasteiger partial charge is 0.291 e. The minimum Gasteiger partial charge on any atom is -0.459 e. The molecule has 2 N–H and O–H groups in total. The van der Waals surface area contributed by atoms with Crippen LogP contribution in [0.2, 0.25) is 0 Å². The number of fused-ring (bicyclic) bond motifs is 1. The van der Waals surface area contributed by atoms with E-state index in [-0.39, 0.29) is 18.3 Å². The predicted molar refractivity (Wildman–Crippen MR) is 97.6 cm³/mol. The van der Waals surface area contributed by atoms with E-state index in [0.29, 0.717) is 16.9 Å². The van der Waals surface area contributed by atoms with Gasteiger partial charge in [0, 0.05) is 16.8 Å². The van der Waals surface area contributed by atoms with Gasteiger partial charge < -0.3 is 14.8 Å². The van der Waals surface area contributed by atoms with Crippen LogP contribution in [0.1, 0.15) is 16.1 Å². The molecule has 2 aromatic carbocycles. The number of benzene rings is 2. The zero-order valence-electron chi connectivity index (χ0n) is 13.7. The van der Waals surface area contributed by atoms with Crippen molar-refractivity contribution in [1.82, 2.24) is 9.97 Å². The highest BCUT2D eigenvalue weighted by atomic mass is 16.3. The number of furan rings is 1. The molecular formula is C20H15N3O3. The van der Waals surface area contributed by atoms with Gasteiger partial charge >= 0.3 is 0 Å². The average Bonchev–Trinajstić information content (AvgIpc) is 3.22. The van der Waals surface area contributed by atoms with Gasteiger partial charge in [-0.05, 0) is 30.3 Å². The van der Waals surface area contributed by atoms with Crippen LogP contribution in [0.4, 0.5) is 5.69 Å². The third-order valence-corrected chi connectivity index (χ3v) is 4.02. The summed E-state index contributed by atoms with van der Waals surface area (Å²) in [4.78, 5) is 21.3. The minimum absolute atomic E-state index is 0.197. The van der Waals surface area contributed by atoms with Crippen LogP contribution in [-0.4, -0.2) is 21.0 Å². The molecule has 26 heavy (non-hydrogen) atoms. The Bertz CT molecular complexity index is 1070. The lowest BCUT2D eigenvalue weighted by atomic mass is 10.1. The number of hydrogen-bond acceptors (Lipinski definition) is 5. The highest BCUT2D eigenvalue weighted by molar-refractivity contribution is 6.03. The fourth-order valence-electron chi connectivity index (χ4n) is 2.68. The maximum atomic E-state index is 12.3. The highest BCUT2D eigenvalue weighted by Gasteiger charge is 2.13. The van der Waals surface area contributed by atoms with Gasteiger partial charge in [0.25, 0.3) is 5.91 Å². The van der Waals surface area contributed by atoms with Crippen LogP contribution in [0.15, 0.2) is 71.5 Å². The summed E-state index contributed by atoms with van der Waals surface area (Å²) in [5.41, 5.74) is 4.17. The molecule has 0 unspecified atom stereocenters. The monoisotopic (exact) mass is 345 g/mol. The summed E-state index contributed by atoms with van der Waals surface area (Å²) in [6.45, 7) is -0.197. The number of carbonyl (C=O) groups excluding carboxylic acids is 1. The molecule has 4 aromatic rings. The van der Waals surface area contributed by atoms with E-state index in [1.165, 1.54) is 6.26 Å². The van der Waals surface area contributed by atoms with E-state index in [2.05, 4.69) is 15.3 Å². The van der Waals surface area contributed by atoms with E-state index in [9.17, 15) is 9.90 Å². The van der Waals surface area contributed by atoms with Crippen molar-refractivity contribution >= 4 is 22.6 Å². The molecule has 0 saturated heterocycles. The van der Waals surface area contributed by atoms with Gasteiger partial charge in [-0.15, -0.1) is 0 Å². The van der Waals surface area contributed by atoms with Crippen molar-refractivity contribution in [3.05, 3.63) is 78.4 Å². The Morgan fingerprint density at radius 1 is 1.08 bits per heavy atom. The molecule has 0 aliphatic carbocycles. The van der Waals surface area contributed by atoms with E-state index < -0.39 is 0 Å². The number of carbonyl (C=O) groups is 1. The number of para-hydroxylation sites is 2. The van der Waals surface area contributed by atoms with E-state index in [0.717, 1.165) is 16.6 Å². The average molecular weight is 345 g/mol. The van der Waals surface area contributed by atoms with Crippen molar-refractivity contribution in [3.63, 3.8) is 0 Å². The van der Waals surface area contributed by atoms with Gasteiger partial charge in [-0.1, -0.05) is 24.3 Å². The lowest BCUT2D eigenvalue weighted by molar-refractivity contribution is 0.0996. The number of aromatic nitrogens is 2. The van der Waals surface area contributed by atoms with E-state index in [1.54, 1.807) is 30.5 Å². The fourth-order valence-corrected chi connectivity index (χ4v) is 2.68. The molecule has 0 saturated carbocycles. The van der Waals surface area contributed by atoms with Crippen molar-refractivity contribution in [1.29, 1.82) is 0 Å². The molecule has 0 aliphatic rings. The highest BCUT2D eigenvalue weighted by Crippen LogP contribution is 2.26. The number of amides is 1. The maximum absolute atomic E-state index is 12.3. The second-order valence-electron chi connectivity index (χ2n) is 5.71. The predicted octanol–water partition coefficient (Wildman–Crippen LogP) is 3.63. The summed E-state index contributed by atoms with van der Waals surface area (Å²) in [6, 6.07) is 16.2. The Balaban J connectivity index is 1.71. The molecule has 6 nitrogen and oxygen atoms in total. The van der Waals surface area contributed by atoms with Crippen LogP contribution in [0.3, 0.4) is 0 Å². The van der Waals surface area contributed by atoms with Gasteiger partial charge in [0.15, 0.2) is 5.76 Å². The molecule has 1 amide bonds. The van der Waals surface area contributed by atoms with Crippen molar-refractivity contribution in [2.75, 3.05) is 5.32 Å². The molecule has 0 spiro atoms. The van der Waals surface area contributed by atoms with Crippen LogP contribution in [0.25, 0.3) is 22.3 Å². The summed E-state index contributed by atoms with van der Waals surface area (Å²) in [5, 5.41) is 12.3. The van der Waals surface area contributed by atoms with Crippen LogP contribution >= 0.6 is 0 Å². The first-order valence-corrected chi connectivity index (χ1v) is 8.05. The second kappa shape index (κ2) is 6.78. The summed E-state index contributed by atoms with van der Waals surface area (Å²) < 4.78 is 5.11. The maximum Gasteiger partial charge on any atom is 0.291 e. The number of nitrogens with zero attached hydrogens (tertiary/aromatic N) is 2. The Labute approximate surface area is 149 Å². The Morgan fingerprint density at radius 3 is 2.69 bits per heavy atom. The zero-order valence-corrected chi connectivity index (χ0v) is 13.7. The summed E-state index contributed by atoms with van der Waals surface area (Å²) in [7, 11) is 0. The number of anilines is 1. The molecule has 0 bridgehead atoms. The van der Waals surface area contributed by atoms with Gasteiger partial charge in [0.1, 0.15) is 0 Å². The van der Waals surface area contributed by atoms with Crippen LogP contribution in [0, 0.1) is 0 Å². The largest absolute Gasteiger partial charge is 0.459 e. The summed E-state index contributed by atoms with van der Waals surface area (Å²) in [5.74, 6) is -0.184. The SMILES string of the molecule is O=C(Nc1cc(-c2cnc3ccccc3n2)ccc1CO)c1ccco1. The molecule has 0 fully saturated rings. The van der Waals surface area contributed by atoms with E-state index in [4.69, 9.17) is 4.42 Å². The number of aliphatic hydroxyl groups excluding tert-OH is 1. The first-order valence-electron chi connectivity index (χ1n) is 8.05. The van der Waals surface area contributed by atoms with Crippen LogP contribution < -0.4 is 5.32 Å². The number of rotatable bonds is 4. The Hall–Kier alpha value is -3.51. The molecular weight excluding hydrogens is 330 g/mol. The fraction of sp³-hybridized carbons (Fsp3) is 0.0500. The molecule has 2 heterocycles. The van der Waals surface area contributed by atoms with Gasteiger partial charge in [-0.3, -0.25) is 9.78 Å². The van der Waals surface area contributed by atoms with Crippen molar-refractivity contribution in [2.24, 2.45) is 0 Å². The molecule has 0 radical (unpaired) electrons. The van der Waals surface area contributed by atoms with Crippen LogP contribution in [0.5, 0.6) is 0 Å². The first-order chi connectivity index (χ1) is 12.7. The third kappa shape index (κ3) is 3.05. The van der Waals surface area contributed by atoms with E-state index in [1.807, 2.05) is 30.3 Å². The third-order valence-electron chi connectivity index (χ3n) is 4.02. The normalized spacial score (nSPS) is 10.8. The lowest BCUT2D eigenvalue weighted by Gasteiger charge is -2.11. The van der Waals surface area contributed by atoms with Gasteiger partial charge in [-0.25, -0.2) is 4.98 Å². The Kier molecular flexibility index (Phi) is 4.17. The summed E-state index contributed by atoms with van der Waals surface area (Å²) >= 11 is 0. The topological polar surface area (TPSA) is 88.2 Å². The molecule has 6 heteroatoms. The zero-order chi connectivity index (χ0) is 17.9. The molecule has 2 aromatic heterocycles. The summed E-state index contributed by atoms with van der Waals surface area (Å²) in [6.07, 6.45) is 3.12. The molecule has 4 rings (SSSR count). The quantitative estimate of drug-likeness (QED) is 0.589. The molecule has 0 aliphatic heterocycles. The standard InChI is InChI=1S/C20H15N3O3/c24-12-14-8-7-13(10-17(14)23-20(25)19-6-3-9-26-19)18-11-21-15-4-1-2-5-16(15)22-18/h1-11,24H,12H2,(H,23,25). The van der Waals surface area contributed by atoms with Crippen molar-refractivity contribution in [3.8, 4) is 11.3 Å². The van der Waals surface area contributed by atoms with Crippen molar-refractivity contribution < 1.29 is 14.3 Å². The Morgan fingerprint density at radius 2 is 1.92 bits per heavy atom. The number of nitrogens with one attached hydrogen (secondary N) is 1. The number of aliphatic hydroxyl groups is 1. The van der Waals surface area contributed by atoms with Crippen molar-refractivity contribution in [2.45, 2.75) is 6.61 Å². The van der Waals surface area contributed by atoms with Gasteiger partial charge in [0.05, 0.1) is 35.8 Å². The van der Waals surface area contributed by atoms with Gasteiger partial charge in [0.2, 0.25) is 0 Å². The van der Waals surface area contributed by atoms with Gasteiger partial charge in [-0.2, -0.15) is 0 Å². The second-order valence-corrected chi connectivity index (χ2v) is 5.71. The minimum atomic E-state index is -0.383. The first kappa shape index (κ1) is 16.0. The number of hydrogen-bond donors (Lipinski definition) is 2. The molecule has 128 valence electrons. The molecule has 0 atom stereocenters. The van der Waals surface area contributed by atoms with Crippen LogP contribution in [-0.2, 0) is 6.61 Å². The van der Waals surface area contributed by atoms with E-state index >= 15 is 0 Å². The lowest BCUT2D eigenvalue weighted by Crippen LogP contribution is -2.12.